The van der Waals surface area contributed by atoms with E-state index in [1.54, 1.807) is 7.11 Å². The summed E-state index contributed by atoms with van der Waals surface area (Å²) in [4.78, 5) is 17.4. The second kappa shape index (κ2) is 8.83. The highest BCUT2D eigenvalue weighted by Gasteiger charge is 2.30. The lowest BCUT2D eigenvalue weighted by atomic mass is 9.97. The van der Waals surface area contributed by atoms with E-state index in [2.05, 4.69) is 33.4 Å². The summed E-state index contributed by atoms with van der Waals surface area (Å²) in [5.41, 5.74) is 4.81. The molecule has 30 heavy (non-hydrogen) atoms. The second-order valence-electron chi connectivity index (χ2n) is 8.34. The largest absolute Gasteiger partial charge is 0.383 e. The Morgan fingerprint density at radius 2 is 2.03 bits per heavy atom. The van der Waals surface area contributed by atoms with Crippen molar-refractivity contribution < 1.29 is 14.3 Å². The molecule has 2 atom stereocenters. The molecular weight excluding hydrogens is 382 g/mol. The molecule has 8 nitrogen and oxygen atoms in total. The summed E-state index contributed by atoms with van der Waals surface area (Å²) >= 11 is 0. The third-order valence-corrected chi connectivity index (χ3v) is 5.96. The Kier molecular flexibility index (Phi) is 6.17. The van der Waals surface area contributed by atoms with E-state index in [1.807, 2.05) is 30.4 Å². The van der Waals surface area contributed by atoms with Crippen molar-refractivity contribution in [3.8, 4) is 5.69 Å². The molecule has 1 aromatic heterocycles. The van der Waals surface area contributed by atoms with Gasteiger partial charge in [0.05, 0.1) is 30.2 Å². The number of hydrogen-bond acceptors (Lipinski definition) is 6. The van der Waals surface area contributed by atoms with Crippen LogP contribution in [0.5, 0.6) is 0 Å². The molecule has 1 saturated heterocycles. The monoisotopic (exact) mass is 413 g/mol. The van der Waals surface area contributed by atoms with Crippen LogP contribution >= 0.6 is 0 Å². The number of carbonyl (C=O) groups is 1. The fourth-order valence-corrected chi connectivity index (χ4v) is 4.51. The first-order valence-corrected chi connectivity index (χ1v) is 10.7. The molecule has 1 aromatic carbocycles. The number of carbonyl (C=O) groups excluding carboxylic acids is 1. The second-order valence-corrected chi connectivity index (χ2v) is 8.34. The fourth-order valence-electron chi connectivity index (χ4n) is 4.51. The van der Waals surface area contributed by atoms with Crippen LogP contribution in [-0.4, -0.2) is 82.8 Å². The molecule has 2 aliphatic heterocycles. The third-order valence-electron chi connectivity index (χ3n) is 5.96. The number of amides is 1. The van der Waals surface area contributed by atoms with E-state index in [-0.39, 0.29) is 18.1 Å². The molecule has 0 radical (unpaired) electrons. The van der Waals surface area contributed by atoms with Crippen LogP contribution in [0.25, 0.3) is 5.69 Å². The minimum atomic E-state index is -0.0729. The van der Waals surface area contributed by atoms with Gasteiger partial charge in [-0.2, -0.15) is 0 Å². The molecule has 0 saturated carbocycles. The summed E-state index contributed by atoms with van der Waals surface area (Å²) < 4.78 is 12.8. The molecule has 162 valence electrons. The van der Waals surface area contributed by atoms with E-state index in [0.29, 0.717) is 18.8 Å². The summed E-state index contributed by atoms with van der Waals surface area (Å²) in [5, 5.41) is 8.65. The molecule has 0 spiro atoms. The lowest BCUT2D eigenvalue weighted by molar-refractivity contribution is -0.0587. The first-order chi connectivity index (χ1) is 14.5. The Balaban J connectivity index is 1.58. The third kappa shape index (κ3) is 4.12. The van der Waals surface area contributed by atoms with E-state index in [1.165, 1.54) is 11.1 Å². The van der Waals surface area contributed by atoms with Gasteiger partial charge in [0.2, 0.25) is 0 Å². The Bertz CT molecular complexity index is 902. The Hall–Kier alpha value is -2.29. The fraction of sp³-hybridized carbons (Fsp3) is 0.591. The number of methoxy groups -OCH3 is 1. The van der Waals surface area contributed by atoms with Gasteiger partial charge in [-0.15, -0.1) is 5.10 Å². The predicted molar refractivity (Wildman–Crippen MR) is 113 cm³/mol. The van der Waals surface area contributed by atoms with Crippen molar-refractivity contribution in [3.05, 3.63) is 40.7 Å². The van der Waals surface area contributed by atoms with Gasteiger partial charge in [-0.25, -0.2) is 4.68 Å². The average Bonchev–Trinajstić information content (AvgIpc) is 3.11. The van der Waals surface area contributed by atoms with Crippen LogP contribution in [0.3, 0.4) is 0 Å². The molecule has 3 heterocycles. The molecule has 8 heteroatoms. The number of morpholine rings is 1. The number of ether oxygens (including phenoxy) is 2. The van der Waals surface area contributed by atoms with Crippen LogP contribution in [0.15, 0.2) is 18.2 Å². The molecule has 4 rings (SSSR count). The maximum absolute atomic E-state index is 13.1. The summed E-state index contributed by atoms with van der Waals surface area (Å²) in [7, 11) is 1.74. The smallest absolute Gasteiger partial charge is 0.276 e. The summed E-state index contributed by atoms with van der Waals surface area (Å²) in [6.45, 7) is 10.6. The standard InChI is InChI=1S/C22H31N5O3/c1-15-12-26(13-16(2)30-15)22(28)21-17(3)27(24-23-21)20-7-5-6-18-14-25(10-11-29-4)9-8-19(18)20/h5-7,15-16H,8-14H2,1-4H3/t15-,16-/m0/s1. The average molecular weight is 414 g/mol. The first kappa shape index (κ1) is 21.0. The lowest BCUT2D eigenvalue weighted by Gasteiger charge is -2.34. The Morgan fingerprint density at radius 3 is 2.77 bits per heavy atom. The molecule has 0 N–H and O–H groups in total. The number of hydrogen-bond donors (Lipinski definition) is 0. The van der Waals surface area contributed by atoms with Crippen molar-refractivity contribution in [2.24, 2.45) is 0 Å². The molecular formula is C22H31N5O3. The van der Waals surface area contributed by atoms with Crippen molar-refractivity contribution in [1.82, 2.24) is 24.8 Å². The SMILES string of the molecule is COCCN1CCc2c(cccc2-n2nnc(C(=O)N3C[C@H](C)O[C@@H](C)C3)c2C)C1. The lowest BCUT2D eigenvalue weighted by Crippen LogP contribution is -2.48. The molecule has 1 amide bonds. The van der Waals surface area contributed by atoms with Gasteiger partial charge in [0.1, 0.15) is 0 Å². The highest BCUT2D eigenvalue weighted by atomic mass is 16.5. The minimum absolute atomic E-state index is 0.0234. The number of nitrogens with zero attached hydrogens (tertiary/aromatic N) is 5. The van der Waals surface area contributed by atoms with Crippen LogP contribution in [0, 0.1) is 6.92 Å². The topological polar surface area (TPSA) is 72.7 Å². The maximum Gasteiger partial charge on any atom is 0.276 e. The summed E-state index contributed by atoms with van der Waals surface area (Å²) in [6, 6.07) is 6.30. The van der Waals surface area contributed by atoms with E-state index < -0.39 is 0 Å². The van der Waals surface area contributed by atoms with E-state index in [0.717, 1.165) is 44.0 Å². The van der Waals surface area contributed by atoms with Gasteiger partial charge in [-0.3, -0.25) is 9.69 Å². The molecule has 0 aliphatic carbocycles. The predicted octanol–water partition coefficient (Wildman–Crippen LogP) is 1.83. The maximum atomic E-state index is 13.1. The van der Waals surface area contributed by atoms with E-state index >= 15 is 0 Å². The van der Waals surface area contributed by atoms with E-state index in [4.69, 9.17) is 9.47 Å². The van der Waals surface area contributed by atoms with Crippen molar-refractivity contribution in [1.29, 1.82) is 0 Å². The first-order valence-electron chi connectivity index (χ1n) is 10.7. The molecule has 2 aliphatic rings. The van der Waals surface area contributed by atoms with Crippen LogP contribution in [0.2, 0.25) is 0 Å². The van der Waals surface area contributed by atoms with E-state index in [9.17, 15) is 4.79 Å². The van der Waals surface area contributed by atoms with Gasteiger partial charge >= 0.3 is 0 Å². The van der Waals surface area contributed by atoms with Crippen LogP contribution in [0.4, 0.5) is 0 Å². The van der Waals surface area contributed by atoms with Crippen molar-refractivity contribution >= 4 is 5.91 Å². The Morgan fingerprint density at radius 1 is 1.27 bits per heavy atom. The molecule has 2 aromatic rings. The Labute approximate surface area is 177 Å². The quantitative estimate of drug-likeness (QED) is 0.745. The number of rotatable bonds is 5. The molecule has 0 bridgehead atoms. The number of aromatic nitrogens is 3. The molecule has 1 fully saturated rings. The highest BCUT2D eigenvalue weighted by molar-refractivity contribution is 5.93. The van der Waals surface area contributed by atoms with Gasteiger partial charge in [-0.05, 0) is 44.4 Å². The highest BCUT2D eigenvalue weighted by Crippen LogP contribution is 2.26. The summed E-state index contributed by atoms with van der Waals surface area (Å²) in [6.07, 6.45) is 0.988. The zero-order valence-corrected chi connectivity index (χ0v) is 18.3. The van der Waals surface area contributed by atoms with Gasteiger partial charge < -0.3 is 14.4 Å². The van der Waals surface area contributed by atoms with Crippen molar-refractivity contribution in [2.75, 3.05) is 39.9 Å². The van der Waals surface area contributed by atoms with Gasteiger partial charge in [0.25, 0.3) is 5.91 Å². The van der Waals surface area contributed by atoms with Crippen molar-refractivity contribution in [3.63, 3.8) is 0 Å². The molecule has 0 unspecified atom stereocenters. The zero-order valence-electron chi connectivity index (χ0n) is 18.3. The van der Waals surface area contributed by atoms with Gasteiger partial charge in [0, 0.05) is 39.8 Å². The van der Waals surface area contributed by atoms with Crippen LogP contribution in [-0.2, 0) is 22.4 Å². The number of benzene rings is 1. The summed E-state index contributed by atoms with van der Waals surface area (Å²) in [5.74, 6) is -0.0729. The van der Waals surface area contributed by atoms with Crippen LogP contribution < -0.4 is 0 Å². The zero-order chi connectivity index (χ0) is 21.3. The van der Waals surface area contributed by atoms with Crippen molar-refractivity contribution in [2.45, 2.75) is 45.9 Å². The van der Waals surface area contributed by atoms with Crippen LogP contribution in [0.1, 0.15) is 41.2 Å². The van der Waals surface area contributed by atoms with Gasteiger partial charge in [0.15, 0.2) is 5.69 Å². The van der Waals surface area contributed by atoms with Gasteiger partial charge in [-0.1, -0.05) is 17.3 Å². The normalized spacial score (nSPS) is 22.2. The minimum Gasteiger partial charge on any atom is -0.383 e. The number of fused-ring (bicyclic) bond motifs is 1.